The Morgan fingerprint density at radius 1 is 1.26 bits per heavy atom. The van der Waals surface area contributed by atoms with Gasteiger partial charge in [0.2, 0.25) is 5.91 Å². The van der Waals surface area contributed by atoms with E-state index in [9.17, 15) is 9.59 Å². The molecule has 2 N–H and O–H groups in total. The lowest BCUT2D eigenvalue weighted by Gasteiger charge is -2.32. The summed E-state index contributed by atoms with van der Waals surface area (Å²) in [5.41, 5.74) is 2.57. The predicted octanol–water partition coefficient (Wildman–Crippen LogP) is 2.29. The Bertz CT molecular complexity index is 989. The number of benzene rings is 1. The van der Waals surface area contributed by atoms with Gasteiger partial charge in [-0.05, 0) is 31.9 Å². The Morgan fingerprint density at radius 2 is 2.11 bits per heavy atom. The lowest BCUT2D eigenvalue weighted by Crippen LogP contribution is -2.39. The molecule has 1 aliphatic heterocycles. The molecule has 140 valence electrons. The number of fused-ring (bicyclic) bond motifs is 1. The zero-order chi connectivity index (χ0) is 18.8. The number of hydrogen-bond acceptors (Lipinski definition) is 4. The van der Waals surface area contributed by atoms with Crippen molar-refractivity contribution >= 4 is 16.9 Å². The summed E-state index contributed by atoms with van der Waals surface area (Å²) >= 11 is 0. The molecule has 0 bridgehead atoms. The van der Waals surface area contributed by atoms with Crippen molar-refractivity contribution in [2.24, 2.45) is 0 Å². The fourth-order valence-electron chi connectivity index (χ4n) is 3.76. The van der Waals surface area contributed by atoms with Crippen LogP contribution in [0.5, 0.6) is 0 Å². The number of amides is 1. The minimum atomic E-state index is -0.133. The normalized spacial score (nSPS) is 17.4. The number of aromatic amines is 2. The number of likely N-dealkylation sites (tertiary alicyclic amines) is 1. The van der Waals surface area contributed by atoms with E-state index < -0.39 is 0 Å². The van der Waals surface area contributed by atoms with Crippen LogP contribution in [0.15, 0.2) is 35.1 Å². The van der Waals surface area contributed by atoms with E-state index in [1.165, 1.54) is 0 Å². The molecule has 1 saturated heterocycles. The number of para-hydroxylation sites is 2. The maximum atomic E-state index is 12.7. The van der Waals surface area contributed by atoms with Crippen molar-refractivity contribution < 1.29 is 4.79 Å². The molecular weight excluding hydrogens is 342 g/mol. The van der Waals surface area contributed by atoms with Gasteiger partial charge in [0.05, 0.1) is 16.7 Å². The number of hydrogen-bond donors (Lipinski definition) is 2. The lowest BCUT2D eigenvalue weighted by atomic mass is 9.94. The summed E-state index contributed by atoms with van der Waals surface area (Å²) in [5, 5.41) is 0. The molecule has 3 heterocycles. The first-order valence-electron chi connectivity index (χ1n) is 9.38. The zero-order valence-corrected chi connectivity index (χ0v) is 15.4. The molecule has 1 aliphatic rings. The quantitative estimate of drug-likeness (QED) is 0.742. The van der Waals surface area contributed by atoms with Crippen molar-refractivity contribution in [3.8, 4) is 0 Å². The lowest BCUT2D eigenvalue weighted by molar-refractivity contribution is -0.132. The Labute approximate surface area is 156 Å². The van der Waals surface area contributed by atoms with E-state index in [0.29, 0.717) is 25.2 Å². The van der Waals surface area contributed by atoms with E-state index in [4.69, 9.17) is 0 Å². The summed E-state index contributed by atoms with van der Waals surface area (Å²) in [6.07, 6.45) is 2.89. The van der Waals surface area contributed by atoms with Crippen molar-refractivity contribution in [1.82, 2.24) is 24.8 Å². The van der Waals surface area contributed by atoms with Crippen LogP contribution in [0.1, 0.15) is 42.5 Å². The van der Waals surface area contributed by atoms with E-state index in [0.717, 1.165) is 41.9 Å². The van der Waals surface area contributed by atoms with Crippen LogP contribution in [-0.4, -0.2) is 43.8 Å². The van der Waals surface area contributed by atoms with Gasteiger partial charge in [0.25, 0.3) is 5.56 Å². The molecule has 1 atom stereocenters. The highest BCUT2D eigenvalue weighted by molar-refractivity contribution is 5.77. The summed E-state index contributed by atoms with van der Waals surface area (Å²) < 4.78 is 0. The highest BCUT2D eigenvalue weighted by Crippen LogP contribution is 2.25. The zero-order valence-electron chi connectivity index (χ0n) is 15.4. The first kappa shape index (κ1) is 17.5. The van der Waals surface area contributed by atoms with E-state index in [2.05, 4.69) is 19.9 Å². The first-order valence-corrected chi connectivity index (χ1v) is 9.38. The van der Waals surface area contributed by atoms with Gasteiger partial charge in [-0.1, -0.05) is 12.1 Å². The Kier molecular flexibility index (Phi) is 4.75. The Balaban J connectivity index is 1.40. The largest absolute Gasteiger partial charge is 0.342 e. The first-order chi connectivity index (χ1) is 13.1. The van der Waals surface area contributed by atoms with Gasteiger partial charge < -0.3 is 14.9 Å². The number of carbonyl (C=O) groups is 1. The smallest absolute Gasteiger partial charge is 0.251 e. The number of imidazole rings is 1. The number of aromatic nitrogens is 4. The molecule has 1 amide bonds. The van der Waals surface area contributed by atoms with Crippen LogP contribution in [0.25, 0.3) is 11.0 Å². The third-order valence-electron chi connectivity index (χ3n) is 5.09. The van der Waals surface area contributed by atoms with Gasteiger partial charge in [-0.2, -0.15) is 0 Å². The minimum Gasteiger partial charge on any atom is -0.342 e. The maximum Gasteiger partial charge on any atom is 0.251 e. The van der Waals surface area contributed by atoms with Gasteiger partial charge in [0.15, 0.2) is 0 Å². The molecule has 4 rings (SSSR count). The van der Waals surface area contributed by atoms with E-state index in [1.54, 1.807) is 13.0 Å². The maximum absolute atomic E-state index is 12.7. The van der Waals surface area contributed by atoms with Crippen molar-refractivity contribution in [3.63, 3.8) is 0 Å². The van der Waals surface area contributed by atoms with E-state index in [-0.39, 0.29) is 17.4 Å². The fourth-order valence-corrected chi connectivity index (χ4v) is 3.76. The van der Waals surface area contributed by atoms with Gasteiger partial charge in [-0.25, -0.2) is 9.97 Å². The van der Waals surface area contributed by atoms with Crippen LogP contribution >= 0.6 is 0 Å². The number of aryl methyl sites for hydroxylation is 2. The van der Waals surface area contributed by atoms with Gasteiger partial charge in [0.1, 0.15) is 11.6 Å². The molecule has 7 heteroatoms. The summed E-state index contributed by atoms with van der Waals surface area (Å²) in [6.45, 7) is 3.16. The second kappa shape index (κ2) is 7.34. The molecule has 3 aromatic rings. The number of carbonyl (C=O) groups excluding carboxylic acids is 1. The molecule has 7 nitrogen and oxygen atoms in total. The average Bonchev–Trinajstić information content (AvgIpc) is 3.08. The Hall–Kier alpha value is -2.96. The SMILES string of the molecule is Cc1nc([C@H]2CCCN(C(=O)CCc3nc4ccccc4[nH]3)C2)cc(=O)[nH]1. The topological polar surface area (TPSA) is 94.7 Å². The fraction of sp³-hybridized carbons (Fsp3) is 0.400. The number of rotatable bonds is 4. The number of H-pyrrole nitrogens is 2. The average molecular weight is 365 g/mol. The third kappa shape index (κ3) is 3.92. The number of piperidine rings is 1. The molecule has 1 fully saturated rings. The summed E-state index contributed by atoms with van der Waals surface area (Å²) in [5.74, 6) is 1.70. The number of nitrogens with zero attached hydrogens (tertiary/aromatic N) is 3. The summed E-state index contributed by atoms with van der Waals surface area (Å²) in [4.78, 5) is 41.3. The van der Waals surface area contributed by atoms with Gasteiger partial charge >= 0.3 is 0 Å². The van der Waals surface area contributed by atoms with Crippen molar-refractivity contribution in [2.45, 2.75) is 38.5 Å². The molecule has 0 unspecified atom stereocenters. The second-order valence-electron chi connectivity index (χ2n) is 7.14. The van der Waals surface area contributed by atoms with E-state index >= 15 is 0 Å². The van der Waals surface area contributed by atoms with Crippen LogP contribution < -0.4 is 5.56 Å². The van der Waals surface area contributed by atoms with Crippen molar-refractivity contribution in [1.29, 1.82) is 0 Å². The van der Waals surface area contributed by atoms with Gasteiger partial charge in [-0.3, -0.25) is 9.59 Å². The van der Waals surface area contributed by atoms with Crippen molar-refractivity contribution in [2.75, 3.05) is 13.1 Å². The standard InChI is InChI=1S/C20H23N5O2/c1-13-21-17(11-19(26)22-13)14-5-4-10-25(12-14)20(27)9-8-18-23-15-6-2-3-7-16(15)24-18/h2-3,6-7,11,14H,4-5,8-10,12H2,1H3,(H,23,24)(H,21,22,26)/t14-/m0/s1. The molecular formula is C20H23N5O2. The molecule has 0 saturated carbocycles. The second-order valence-corrected chi connectivity index (χ2v) is 7.14. The predicted molar refractivity (Wildman–Crippen MR) is 103 cm³/mol. The van der Waals surface area contributed by atoms with Crippen LogP contribution in [-0.2, 0) is 11.2 Å². The minimum absolute atomic E-state index is 0.120. The molecule has 1 aromatic carbocycles. The van der Waals surface area contributed by atoms with Crippen molar-refractivity contribution in [3.05, 3.63) is 58.0 Å². The van der Waals surface area contributed by atoms with Crippen LogP contribution in [0.2, 0.25) is 0 Å². The third-order valence-corrected chi connectivity index (χ3v) is 5.09. The summed E-state index contributed by atoms with van der Waals surface area (Å²) in [6, 6.07) is 9.42. The van der Waals surface area contributed by atoms with Crippen LogP contribution in [0.4, 0.5) is 0 Å². The molecule has 2 aromatic heterocycles. The highest BCUT2D eigenvalue weighted by Gasteiger charge is 2.26. The summed E-state index contributed by atoms with van der Waals surface area (Å²) in [7, 11) is 0. The monoisotopic (exact) mass is 365 g/mol. The van der Waals surface area contributed by atoms with Crippen LogP contribution in [0, 0.1) is 6.92 Å². The Morgan fingerprint density at radius 3 is 2.93 bits per heavy atom. The van der Waals surface area contributed by atoms with E-state index in [1.807, 2.05) is 29.2 Å². The van der Waals surface area contributed by atoms with Gasteiger partial charge in [-0.15, -0.1) is 0 Å². The molecule has 0 spiro atoms. The number of nitrogens with one attached hydrogen (secondary N) is 2. The highest BCUT2D eigenvalue weighted by atomic mass is 16.2. The van der Waals surface area contributed by atoms with Gasteiger partial charge in [0, 0.05) is 37.9 Å². The molecule has 0 aliphatic carbocycles. The molecule has 27 heavy (non-hydrogen) atoms. The molecule has 0 radical (unpaired) electrons. The van der Waals surface area contributed by atoms with Crippen LogP contribution in [0.3, 0.4) is 0 Å².